The molecule has 6 nitrogen and oxygen atoms in total. The molecule has 2 atom stereocenters. The van der Waals surface area contributed by atoms with Crippen LogP contribution in [0.5, 0.6) is 5.75 Å². The minimum absolute atomic E-state index is 0.00897. The number of sulfone groups is 1. The van der Waals surface area contributed by atoms with E-state index >= 15 is 0 Å². The van der Waals surface area contributed by atoms with E-state index in [1.54, 1.807) is 41.2 Å². The maximum Gasteiger partial charge on any atom is 0.329 e. The zero-order chi connectivity index (χ0) is 17.6. The van der Waals surface area contributed by atoms with Gasteiger partial charge in [0.15, 0.2) is 9.84 Å². The van der Waals surface area contributed by atoms with Gasteiger partial charge in [-0.15, -0.1) is 0 Å². The molecule has 2 amide bonds. The first-order valence-electron chi connectivity index (χ1n) is 8.02. The molecule has 2 saturated heterocycles. The number of ether oxygens (including phenoxy) is 1. The van der Waals surface area contributed by atoms with Gasteiger partial charge in [-0.05, 0) is 36.4 Å². The molecule has 2 fully saturated rings. The summed E-state index contributed by atoms with van der Waals surface area (Å²) in [4.78, 5) is 16.3. The van der Waals surface area contributed by atoms with Gasteiger partial charge in [0, 0.05) is 11.4 Å². The summed E-state index contributed by atoms with van der Waals surface area (Å²) in [5, 5.41) is 0. The molecule has 2 aliphatic rings. The third-order valence-electron chi connectivity index (χ3n) is 4.75. The smallest absolute Gasteiger partial charge is 0.329 e. The Hall–Kier alpha value is -2.54. The van der Waals surface area contributed by atoms with E-state index in [4.69, 9.17) is 4.74 Å². The van der Waals surface area contributed by atoms with Gasteiger partial charge in [-0.3, -0.25) is 9.80 Å². The normalized spacial score (nSPS) is 24.4. The van der Waals surface area contributed by atoms with Crippen molar-refractivity contribution in [2.24, 2.45) is 0 Å². The van der Waals surface area contributed by atoms with Gasteiger partial charge in [0.2, 0.25) is 0 Å². The number of hydrogen-bond donors (Lipinski definition) is 0. The fourth-order valence-corrected chi connectivity index (χ4v) is 5.56. The summed E-state index contributed by atoms with van der Waals surface area (Å²) >= 11 is 0. The van der Waals surface area contributed by atoms with Crippen LogP contribution in [0.1, 0.15) is 0 Å². The van der Waals surface area contributed by atoms with Crippen LogP contribution in [-0.2, 0) is 9.84 Å². The van der Waals surface area contributed by atoms with Crippen LogP contribution in [-0.4, -0.2) is 45.1 Å². The van der Waals surface area contributed by atoms with E-state index in [0.717, 1.165) is 5.69 Å². The van der Waals surface area contributed by atoms with Gasteiger partial charge >= 0.3 is 6.03 Å². The molecule has 7 heteroatoms. The van der Waals surface area contributed by atoms with Crippen molar-refractivity contribution in [1.29, 1.82) is 0 Å². The fraction of sp³-hybridized carbons (Fsp3) is 0.278. The third kappa shape index (κ3) is 2.64. The Morgan fingerprint density at radius 3 is 1.92 bits per heavy atom. The molecule has 2 aliphatic heterocycles. The van der Waals surface area contributed by atoms with Crippen molar-refractivity contribution in [3.8, 4) is 5.75 Å². The first kappa shape index (κ1) is 16.0. The molecular weight excluding hydrogens is 340 g/mol. The number of carbonyl (C=O) groups is 1. The van der Waals surface area contributed by atoms with Crippen LogP contribution in [0.2, 0.25) is 0 Å². The molecule has 0 saturated carbocycles. The number of para-hydroxylation sites is 1. The molecule has 0 bridgehead atoms. The molecule has 2 heterocycles. The van der Waals surface area contributed by atoms with Crippen LogP contribution >= 0.6 is 0 Å². The van der Waals surface area contributed by atoms with Crippen molar-refractivity contribution < 1.29 is 17.9 Å². The van der Waals surface area contributed by atoms with Crippen molar-refractivity contribution >= 4 is 27.2 Å². The predicted molar refractivity (Wildman–Crippen MR) is 96.0 cm³/mol. The lowest BCUT2D eigenvalue weighted by Crippen LogP contribution is -2.37. The zero-order valence-electron chi connectivity index (χ0n) is 13.7. The van der Waals surface area contributed by atoms with E-state index in [1.807, 2.05) is 30.3 Å². The van der Waals surface area contributed by atoms with Crippen LogP contribution < -0.4 is 14.5 Å². The molecular formula is C18H18N2O4S. The van der Waals surface area contributed by atoms with Gasteiger partial charge < -0.3 is 4.74 Å². The van der Waals surface area contributed by atoms with Crippen LogP contribution in [0.4, 0.5) is 16.2 Å². The highest BCUT2D eigenvalue weighted by molar-refractivity contribution is 7.91. The van der Waals surface area contributed by atoms with Crippen molar-refractivity contribution in [2.45, 2.75) is 12.1 Å². The first-order chi connectivity index (χ1) is 12.0. The molecule has 4 rings (SSSR count). The molecule has 2 aromatic rings. The monoisotopic (exact) mass is 358 g/mol. The summed E-state index contributed by atoms with van der Waals surface area (Å²) < 4.78 is 29.6. The second-order valence-corrected chi connectivity index (χ2v) is 8.42. The SMILES string of the molecule is COc1ccc(N2C(=O)N(c3ccccc3)[C@@H]3CS(=O)(=O)C[C@H]32)cc1. The van der Waals surface area contributed by atoms with E-state index in [9.17, 15) is 13.2 Å². The molecule has 0 aromatic heterocycles. The number of nitrogens with zero attached hydrogens (tertiary/aromatic N) is 2. The molecule has 2 aromatic carbocycles. The summed E-state index contributed by atoms with van der Waals surface area (Å²) in [6.07, 6.45) is 0. The summed E-state index contributed by atoms with van der Waals surface area (Å²) in [7, 11) is -1.61. The second-order valence-electron chi connectivity index (χ2n) is 6.27. The van der Waals surface area contributed by atoms with E-state index in [2.05, 4.69) is 0 Å². The van der Waals surface area contributed by atoms with E-state index in [1.165, 1.54) is 0 Å². The molecule has 0 radical (unpaired) electrons. The van der Waals surface area contributed by atoms with Crippen LogP contribution in [0.3, 0.4) is 0 Å². The predicted octanol–water partition coefficient (Wildman–Crippen LogP) is 2.31. The molecule has 0 aliphatic carbocycles. The lowest BCUT2D eigenvalue weighted by Gasteiger charge is -2.22. The number of benzene rings is 2. The standard InChI is InChI=1S/C18H18N2O4S/c1-24-15-9-7-14(8-10-15)20-17-12-25(22,23)11-16(17)19(18(20)21)13-5-3-2-4-6-13/h2-10,16-17H,11-12H2,1H3/t16-,17-/m1/s1. The Morgan fingerprint density at radius 1 is 0.880 bits per heavy atom. The summed E-state index contributed by atoms with van der Waals surface area (Å²) in [5.41, 5.74) is 1.40. The van der Waals surface area contributed by atoms with Gasteiger partial charge in [0.1, 0.15) is 5.75 Å². The fourth-order valence-electron chi connectivity index (χ4n) is 3.64. The topological polar surface area (TPSA) is 66.9 Å². The summed E-state index contributed by atoms with van der Waals surface area (Å²) in [6, 6.07) is 15.4. The lowest BCUT2D eigenvalue weighted by molar-refractivity contribution is 0.255. The first-order valence-corrected chi connectivity index (χ1v) is 9.84. The number of methoxy groups -OCH3 is 1. The Morgan fingerprint density at radius 2 is 1.40 bits per heavy atom. The number of fused-ring (bicyclic) bond motifs is 1. The number of rotatable bonds is 3. The number of carbonyl (C=O) groups excluding carboxylic acids is 1. The number of hydrogen-bond acceptors (Lipinski definition) is 4. The minimum atomic E-state index is -3.18. The van der Waals surface area contributed by atoms with Crippen molar-refractivity contribution in [2.75, 3.05) is 28.4 Å². The minimum Gasteiger partial charge on any atom is -0.497 e. The number of amides is 2. The summed E-state index contributed by atoms with van der Waals surface area (Å²) in [5.74, 6) is 0.662. The van der Waals surface area contributed by atoms with Crippen LogP contribution in [0, 0.1) is 0 Å². The number of anilines is 2. The zero-order valence-corrected chi connectivity index (χ0v) is 14.5. The Kier molecular flexibility index (Phi) is 3.68. The van der Waals surface area contributed by atoms with Gasteiger partial charge in [-0.1, -0.05) is 18.2 Å². The maximum absolute atomic E-state index is 13.1. The van der Waals surface area contributed by atoms with Crippen molar-refractivity contribution in [3.63, 3.8) is 0 Å². The van der Waals surface area contributed by atoms with Crippen molar-refractivity contribution in [1.82, 2.24) is 0 Å². The van der Waals surface area contributed by atoms with Gasteiger partial charge in [0.05, 0.1) is 30.7 Å². The largest absolute Gasteiger partial charge is 0.497 e. The second kappa shape index (κ2) is 5.77. The van der Waals surface area contributed by atoms with E-state index in [-0.39, 0.29) is 29.6 Å². The van der Waals surface area contributed by atoms with Gasteiger partial charge in [0.25, 0.3) is 0 Å². The van der Waals surface area contributed by atoms with E-state index < -0.39 is 9.84 Å². The van der Waals surface area contributed by atoms with Crippen molar-refractivity contribution in [3.05, 3.63) is 54.6 Å². The maximum atomic E-state index is 13.1. The van der Waals surface area contributed by atoms with Gasteiger partial charge in [-0.2, -0.15) is 0 Å². The molecule has 0 spiro atoms. The average Bonchev–Trinajstić information content (AvgIpc) is 3.04. The Balaban J connectivity index is 1.77. The van der Waals surface area contributed by atoms with Gasteiger partial charge in [-0.25, -0.2) is 13.2 Å². The molecule has 0 unspecified atom stereocenters. The molecule has 130 valence electrons. The lowest BCUT2D eigenvalue weighted by atomic mass is 10.1. The average molecular weight is 358 g/mol. The highest BCUT2D eigenvalue weighted by Crippen LogP contribution is 2.38. The molecule has 25 heavy (non-hydrogen) atoms. The Labute approximate surface area is 146 Å². The summed E-state index contributed by atoms with van der Waals surface area (Å²) in [6.45, 7) is 0. The quantitative estimate of drug-likeness (QED) is 0.790. The third-order valence-corrected chi connectivity index (χ3v) is 6.45. The van der Waals surface area contributed by atoms with E-state index in [0.29, 0.717) is 11.4 Å². The molecule has 0 N–H and O–H groups in total. The highest BCUT2D eigenvalue weighted by Gasteiger charge is 2.54. The van der Waals surface area contributed by atoms with Crippen LogP contribution in [0.25, 0.3) is 0 Å². The van der Waals surface area contributed by atoms with Crippen LogP contribution in [0.15, 0.2) is 54.6 Å². The highest BCUT2D eigenvalue weighted by atomic mass is 32.2. The number of urea groups is 1. The Bertz CT molecular complexity index is 896.